The predicted molar refractivity (Wildman–Crippen MR) is 80.0 cm³/mol. The van der Waals surface area contributed by atoms with Gasteiger partial charge in [-0.25, -0.2) is 0 Å². The lowest BCUT2D eigenvalue weighted by molar-refractivity contribution is 0.716. The Morgan fingerprint density at radius 1 is 1.17 bits per heavy atom. The van der Waals surface area contributed by atoms with Gasteiger partial charge in [0.25, 0.3) is 0 Å². The average molecular weight is 240 g/mol. The molecule has 94 valence electrons. The van der Waals surface area contributed by atoms with Gasteiger partial charge in [-0.15, -0.1) is 0 Å². The van der Waals surface area contributed by atoms with Gasteiger partial charge in [-0.1, -0.05) is 32.0 Å². The summed E-state index contributed by atoms with van der Waals surface area (Å²) < 4.78 is 0. The molecular weight excluding hydrogens is 220 g/mol. The van der Waals surface area contributed by atoms with Crippen molar-refractivity contribution >= 4 is 22.0 Å². The molecule has 2 aromatic carbocycles. The molecule has 0 heterocycles. The van der Waals surface area contributed by atoms with Crippen molar-refractivity contribution in [1.82, 2.24) is 0 Å². The smallest absolute Gasteiger partial charge is 0.0320 e. The minimum atomic E-state index is 0.473. The van der Waals surface area contributed by atoms with Crippen LogP contribution in [0.5, 0.6) is 0 Å². The minimum absolute atomic E-state index is 0.473. The predicted octanol–water partition coefficient (Wildman–Crippen LogP) is 3.77. The second-order valence-electron chi connectivity index (χ2n) is 4.75. The summed E-state index contributed by atoms with van der Waals surface area (Å²) in [5, 5.41) is 2.36. The first kappa shape index (κ1) is 12.5. The molecule has 2 aromatic rings. The van der Waals surface area contributed by atoms with Crippen LogP contribution in [-0.4, -0.2) is 0 Å². The molecule has 1 atom stereocenters. The first-order valence-electron chi connectivity index (χ1n) is 6.37. The molecule has 0 amide bonds. The summed E-state index contributed by atoms with van der Waals surface area (Å²) in [6, 6.07) is 12.4. The first-order chi connectivity index (χ1) is 8.65. The fourth-order valence-corrected chi connectivity index (χ4v) is 2.21. The minimum Gasteiger partial charge on any atom is -0.404 e. The summed E-state index contributed by atoms with van der Waals surface area (Å²) in [6.45, 7) is 4.38. The van der Waals surface area contributed by atoms with Crippen LogP contribution in [0.15, 0.2) is 42.6 Å². The topological polar surface area (TPSA) is 52.0 Å². The number of nitrogens with two attached hydrogens (primary N) is 2. The third-order valence-electron chi connectivity index (χ3n) is 3.52. The summed E-state index contributed by atoms with van der Waals surface area (Å²) in [6.07, 6.45) is 2.81. The number of fused-ring (bicyclic) bond motifs is 1. The highest BCUT2D eigenvalue weighted by molar-refractivity contribution is 5.88. The second-order valence-corrected chi connectivity index (χ2v) is 4.75. The Labute approximate surface area is 108 Å². The lowest BCUT2D eigenvalue weighted by Gasteiger charge is -2.14. The molecule has 18 heavy (non-hydrogen) atoms. The van der Waals surface area contributed by atoms with Crippen LogP contribution in [0.2, 0.25) is 0 Å². The van der Waals surface area contributed by atoms with Gasteiger partial charge in [0.1, 0.15) is 0 Å². The molecule has 0 saturated heterocycles. The van der Waals surface area contributed by atoms with Gasteiger partial charge < -0.3 is 11.5 Å². The molecule has 0 aliphatic carbocycles. The summed E-state index contributed by atoms with van der Waals surface area (Å²) in [4.78, 5) is 0. The molecule has 0 spiro atoms. The zero-order chi connectivity index (χ0) is 13.1. The van der Waals surface area contributed by atoms with Gasteiger partial charge in [-0.2, -0.15) is 0 Å². The molecule has 0 saturated carbocycles. The van der Waals surface area contributed by atoms with Crippen molar-refractivity contribution in [2.75, 3.05) is 5.73 Å². The quantitative estimate of drug-likeness (QED) is 0.802. The fourth-order valence-electron chi connectivity index (χ4n) is 2.21. The van der Waals surface area contributed by atoms with Crippen LogP contribution in [0.3, 0.4) is 0 Å². The van der Waals surface area contributed by atoms with Gasteiger partial charge in [0.2, 0.25) is 0 Å². The maximum atomic E-state index is 5.79. The molecule has 4 N–H and O–H groups in total. The Bertz CT molecular complexity index is 585. The Hall–Kier alpha value is -1.96. The molecule has 2 rings (SSSR count). The molecule has 0 aliphatic rings. The normalized spacial score (nSPS) is 13.8. The van der Waals surface area contributed by atoms with Crippen LogP contribution in [0.25, 0.3) is 16.3 Å². The Morgan fingerprint density at radius 2 is 1.83 bits per heavy atom. The number of anilines is 1. The number of hydrogen-bond acceptors (Lipinski definition) is 2. The van der Waals surface area contributed by atoms with Crippen LogP contribution < -0.4 is 11.5 Å². The number of nitrogen functional groups attached to an aromatic ring is 1. The van der Waals surface area contributed by atoms with E-state index in [4.69, 9.17) is 11.5 Å². The van der Waals surface area contributed by atoms with E-state index >= 15 is 0 Å². The Morgan fingerprint density at radius 3 is 2.50 bits per heavy atom. The molecule has 2 nitrogen and oxygen atoms in total. The fraction of sp³-hybridized carbons (Fsp3) is 0.250. The maximum Gasteiger partial charge on any atom is 0.0320 e. The zero-order valence-corrected chi connectivity index (χ0v) is 11.0. The van der Waals surface area contributed by atoms with E-state index in [1.807, 2.05) is 12.1 Å². The van der Waals surface area contributed by atoms with Gasteiger partial charge in [0.15, 0.2) is 0 Å². The van der Waals surface area contributed by atoms with Crippen molar-refractivity contribution in [3.8, 4) is 0 Å². The highest BCUT2D eigenvalue weighted by Gasteiger charge is 2.09. The van der Waals surface area contributed by atoms with Crippen LogP contribution in [0, 0.1) is 5.92 Å². The highest BCUT2D eigenvalue weighted by Crippen LogP contribution is 2.28. The van der Waals surface area contributed by atoms with E-state index in [9.17, 15) is 0 Å². The lowest BCUT2D eigenvalue weighted by atomic mass is 9.91. The lowest BCUT2D eigenvalue weighted by Crippen LogP contribution is -2.00. The van der Waals surface area contributed by atoms with E-state index < -0.39 is 0 Å². The Balaban J connectivity index is 2.50. The summed E-state index contributed by atoms with van der Waals surface area (Å²) in [5.41, 5.74) is 14.8. The Kier molecular flexibility index (Phi) is 3.56. The molecule has 2 heteroatoms. The molecule has 0 bridgehead atoms. The van der Waals surface area contributed by atoms with E-state index in [-0.39, 0.29) is 0 Å². The van der Waals surface area contributed by atoms with Gasteiger partial charge >= 0.3 is 0 Å². The third-order valence-corrected chi connectivity index (χ3v) is 3.52. The molecule has 0 radical (unpaired) electrons. The van der Waals surface area contributed by atoms with Gasteiger partial charge in [-0.3, -0.25) is 0 Å². The number of allylic oxidation sites excluding steroid dienone is 1. The number of benzene rings is 2. The van der Waals surface area contributed by atoms with Gasteiger partial charge in [-0.05, 0) is 58.6 Å². The summed E-state index contributed by atoms with van der Waals surface area (Å²) in [7, 11) is 0. The van der Waals surface area contributed by atoms with Gasteiger partial charge in [0.05, 0.1) is 0 Å². The van der Waals surface area contributed by atoms with Crippen molar-refractivity contribution in [2.45, 2.75) is 20.3 Å². The molecule has 0 aliphatic heterocycles. The van der Waals surface area contributed by atoms with Gasteiger partial charge in [0, 0.05) is 5.69 Å². The summed E-state index contributed by atoms with van der Waals surface area (Å²) >= 11 is 0. The first-order valence-corrected chi connectivity index (χ1v) is 6.37. The SMILES string of the molecule is CCC(C)/C(=C\N)c1ccc2cc(N)ccc2c1. The van der Waals surface area contributed by atoms with Crippen molar-refractivity contribution in [3.63, 3.8) is 0 Å². The van der Waals surface area contributed by atoms with E-state index in [0.717, 1.165) is 12.1 Å². The van der Waals surface area contributed by atoms with Crippen LogP contribution in [0.4, 0.5) is 5.69 Å². The maximum absolute atomic E-state index is 5.79. The number of rotatable bonds is 3. The van der Waals surface area contributed by atoms with Crippen molar-refractivity contribution < 1.29 is 0 Å². The monoisotopic (exact) mass is 240 g/mol. The van der Waals surface area contributed by atoms with Crippen molar-refractivity contribution in [2.24, 2.45) is 11.7 Å². The number of hydrogen-bond donors (Lipinski definition) is 2. The average Bonchev–Trinajstić information content (AvgIpc) is 2.39. The van der Waals surface area contributed by atoms with Crippen LogP contribution >= 0.6 is 0 Å². The molecule has 0 aromatic heterocycles. The zero-order valence-electron chi connectivity index (χ0n) is 11.0. The van der Waals surface area contributed by atoms with E-state index in [2.05, 4.69) is 38.1 Å². The molecular formula is C16H20N2. The molecule has 1 unspecified atom stereocenters. The van der Waals surface area contributed by atoms with Crippen LogP contribution in [-0.2, 0) is 0 Å². The van der Waals surface area contributed by atoms with E-state index in [0.29, 0.717) is 5.92 Å². The second kappa shape index (κ2) is 5.13. The summed E-state index contributed by atoms with van der Waals surface area (Å²) in [5.74, 6) is 0.473. The van der Waals surface area contributed by atoms with E-state index in [1.54, 1.807) is 6.20 Å². The van der Waals surface area contributed by atoms with Crippen molar-refractivity contribution in [1.29, 1.82) is 0 Å². The molecule has 0 fully saturated rings. The third kappa shape index (κ3) is 2.33. The largest absolute Gasteiger partial charge is 0.404 e. The standard InChI is InChI=1S/C16H20N2/c1-3-11(2)16(10-17)14-5-4-13-9-15(18)7-6-12(13)8-14/h4-11H,3,17-18H2,1-2H3/b16-10+. The highest BCUT2D eigenvalue weighted by atomic mass is 14.5. The van der Waals surface area contributed by atoms with Crippen LogP contribution in [0.1, 0.15) is 25.8 Å². The van der Waals surface area contributed by atoms with E-state index in [1.165, 1.54) is 21.9 Å². The van der Waals surface area contributed by atoms with Crippen molar-refractivity contribution in [3.05, 3.63) is 48.2 Å².